The molecule has 2 aliphatic heterocycles. The maximum absolute atomic E-state index is 14.4. The van der Waals surface area contributed by atoms with Crippen LogP contribution in [-0.2, 0) is 37.3 Å². The number of allylic oxidation sites excluding steroid dienone is 2. The van der Waals surface area contributed by atoms with Crippen LogP contribution in [0.2, 0.25) is 0 Å². The Hall–Kier alpha value is -3.89. The van der Waals surface area contributed by atoms with Crippen LogP contribution in [0.1, 0.15) is 84.3 Å². The predicted molar refractivity (Wildman–Crippen MR) is 163 cm³/mol. The first-order chi connectivity index (χ1) is 20.4. The Morgan fingerprint density at radius 3 is 2.32 bits per heavy atom. The number of ether oxygens (including phenoxy) is 3. The summed E-state index contributed by atoms with van der Waals surface area (Å²) in [6.07, 6.45) is 2.19. The van der Waals surface area contributed by atoms with Crippen LogP contribution in [0.4, 0.5) is 0 Å². The average molecular weight is 609 g/mol. The van der Waals surface area contributed by atoms with E-state index in [1.165, 1.54) is 20.1 Å². The predicted octanol–water partition coefficient (Wildman–Crippen LogP) is 5.44. The molecule has 3 heterocycles. The van der Waals surface area contributed by atoms with Crippen LogP contribution >= 0.6 is 0 Å². The Balaban J connectivity index is 1.91. The molecule has 2 unspecified atom stereocenters. The summed E-state index contributed by atoms with van der Waals surface area (Å²) in [5, 5.41) is 31.8. The summed E-state index contributed by atoms with van der Waals surface area (Å²) in [5.41, 5.74) is -1.07. The van der Waals surface area contributed by atoms with Gasteiger partial charge in [0.1, 0.15) is 34.3 Å². The minimum atomic E-state index is -1.98. The number of aliphatic carboxylic acids is 2. The quantitative estimate of drug-likeness (QED) is 0.273. The van der Waals surface area contributed by atoms with Gasteiger partial charge in [0, 0.05) is 58.8 Å². The molecule has 44 heavy (non-hydrogen) atoms. The number of rotatable bonds is 7. The zero-order valence-electron chi connectivity index (χ0n) is 26.6. The highest BCUT2D eigenvalue weighted by Gasteiger charge is 2.60. The number of carbonyl (C=O) groups is 2. The van der Waals surface area contributed by atoms with E-state index in [0.717, 1.165) is 5.57 Å². The molecule has 0 fully saturated rings. The van der Waals surface area contributed by atoms with Gasteiger partial charge in [-0.15, -0.1) is 0 Å². The Kier molecular flexibility index (Phi) is 7.41. The summed E-state index contributed by atoms with van der Waals surface area (Å²) >= 11 is 0. The van der Waals surface area contributed by atoms with Gasteiger partial charge in [-0.2, -0.15) is 0 Å². The fraction of sp³-hybridized carbons (Fsp3) is 0.500. The molecule has 3 atom stereocenters. The van der Waals surface area contributed by atoms with E-state index in [1.54, 1.807) is 13.8 Å². The topological polar surface area (TPSA) is 153 Å². The van der Waals surface area contributed by atoms with Crippen molar-refractivity contribution in [3.63, 3.8) is 0 Å². The first kappa shape index (κ1) is 31.5. The Labute approximate surface area is 255 Å². The van der Waals surface area contributed by atoms with Gasteiger partial charge in [0.2, 0.25) is 0 Å². The van der Waals surface area contributed by atoms with Gasteiger partial charge in [0.15, 0.2) is 11.0 Å². The van der Waals surface area contributed by atoms with Crippen molar-refractivity contribution >= 4 is 28.5 Å². The third kappa shape index (κ3) is 4.41. The second-order valence-electron chi connectivity index (χ2n) is 13.3. The van der Waals surface area contributed by atoms with Gasteiger partial charge in [-0.05, 0) is 48.0 Å². The van der Waals surface area contributed by atoms with E-state index in [-0.39, 0.29) is 58.1 Å². The number of carboxylic acids is 2. The molecule has 3 aliphatic rings. The zero-order valence-corrected chi connectivity index (χ0v) is 26.6. The van der Waals surface area contributed by atoms with Crippen molar-refractivity contribution in [2.75, 3.05) is 7.11 Å². The highest BCUT2D eigenvalue weighted by Crippen LogP contribution is 2.56. The number of benzene rings is 1. The molecule has 5 rings (SSSR count). The summed E-state index contributed by atoms with van der Waals surface area (Å²) in [6, 6.07) is 0. The largest absolute Gasteiger partial charge is 0.507 e. The molecule has 10 heteroatoms. The molecule has 0 radical (unpaired) electrons. The van der Waals surface area contributed by atoms with E-state index in [9.17, 15) is 29.7 Å². The maximum atomic E-state index is 14.4. The lowest BCUT2D eigenvalue weighted by atomic mass is 9.75. The van der Waals surface area contributed by atoms with Crippen LogP contribution in [0.15, 0.2) is 38.1 Å². The first-order valence-corrected chi connectivity index (χ1v) is 14.7. The molecule has 0 saturated heterocycles. The minimum absolute atomic E-state index is 0.0326. The molecule has 0 bridgehead atoms. The molecule has 3 N–H and O–H groups in total. The molecular formula is C34H40O10. The van der Waals surface area contributed by atoms with Gasteiger partial charge < -0.3 is 33.9 Å². The van der Waals surface area contributed by atoms with E-state index >= 15 is 0 Å². The van der Waals surface area contributed by atoms with Gasteiger partial charge in [0.25, 0.3) is 0 Å². The molecular weight excluding hydrogens is 568 g/mol. The van der Waals surface area contributed by atoms with Crippen LogP contribution in [-0.4, -0.2) is 57.8 Å². The lowest BCUT2D eigenvalue weighted by molar-refractivity contribution is -0.168. The molecule has 0 spiro atoms. The number of carboxylic acid groups (broad SMARTS) is 2. The average Bonchev–Trinajstić information content (AvgIpc) is 3.32. The van der Waals surface area contributed by atoms with E-state index in [2.05, 4.69) is 0 Å². The lowest BCUT2D eigenvalue weighted by Crippen LogP contribution is -2.47. The summed E-state index contributed by atoms with van der Waals surface area (Å²) in [4.78, 5) is 39.0. The van der Waals surface area contributed by atoms with Gasteiger partial charge in [-0.25, -0.2) is 9.59 Å². The van der Waals surface area contributed by atoms with Crippen LogP contribution < -0.4 is 10.2 Å². The van der Waals surface area contributed by atoms with Gasteiger partial charge >= 0.3 is 11.9 Å². The van der Waals surface area contributed by atoms with Crippen molar-refractivity contribution in [3.05, 3.63) is 61.5 Å². The number of aromatic hydroxyl groups is 1. The minimum Gasteiger partial charge on any atom is -0.507 e. The van der Waals surface area contributed by atoms with Crippen LogP contribution in [0.5, 0.6) is 11.5 Å². The highest BCUT2D eigenvalue weighted by molar-refractivity contribution is 5.97. The first-order valence-electron chi connectivity index (χ1n) is 14.7. The van der Waals surface area contributed by atoms with Crippen molar-refractivity contribution in [2.45, 2.75) is 103 Å². The number of phenols is 1. The maximum Gasteiger partial charge on any atom is 0.340 e. The highest BCUT2D eigenvalue weighted by atomic mass is 16.6. The van der Waals surface area contributed by atoms with Gasteiger partial charge in [-0.3, -0.25) is 4.79 Å². The fourth-order valence-corrected chi connectivity index (χ4v) is 6.78. The summed E-state index contributed by atoms with van der Waals surface area (Å²) in [7, 11) is 1.42. The fourth-order valence-electron chi connectivity index (χ4n) is 6.78. The monoisotopic (exact) mass is 608 g/mol. The smallest absolute Gasteiger partial charge is 0.340 e. The van der Waals surface area contributed by atoms with E-state index in [1.807, 2.05) is 40.7 Å². The van der Waals surface area contributed by atoms with Gasteiger partial charge in [-0.1, -0.05) is 31.6 Å². The number of methoxy groups -OCH3 is 1. The van der Waals surface area contributed by atoms with Crippen molar-refractivity contribution in [1.29, 1.82) is 0 Å². The Bertz CT molecular complexity index is 1760. The van der Waals surface area contributed by atoms with Crippen LogP contribution in [0, 0.1) is 0 Å². The van der Waals surface area contributed by atoms with Crippen LogP contribution in [0.25, 0.3) is 16.5 Å². The molecule has 1 aromatic heterocycles. The number of hydrogen-bond acceptors (Lipinski definition) is 8. The second-order valence-corrected chi connectivity index (χ2v) is 13.3. The van der Waals surface area contributed by atoms with Crippen molar-refractivity contribution < 1.29 is 43.5 Å². The molecule has 10 nitrogen and oxygen atoms in total. The molecule has 2 aromatic rings. The number of hydrogen-bond donors (Lipinski definition) is 3. The van der Waals surface area contributed by atoms with Crippen molar-refractivity contribution in [3.8, 4) is 11.5 Å². The number of phenolic OH excluding ortho intramolecular Hbond substituents is 1. The third-order valence-corrected chi connectivity index (χ3v) is 9.46. The van der Waals surface area contributed by atoms with Crippen molar-refractivity contribution in [2.24, 2.45) is 0 Å². The number of fused-ring (bicyclic) bond motifs is 4. The van der Waals surface area contributed by atoms with E-state index in [0.29, 0.717) is 28.9 Å². The second kappa shape index (κ2) is 10.3. The Morgan fingerprint density at radius 1 is 1.09 bits per heavy atom. The molecule has 1 aromatic carbocycles. The van der Waals surface area contributed by atoms with E-state index < -0.39 is 40.1 Å². The SMILES string of the molecule is COC1Cc2c(oc3c(CC=C(C)C)c4c(c(O)c3c2=O)C(C)(C)C(C)O4)C2=C1[C@@](C/C=C(\C)C(=O)O)(C(=O)O)OC2(C)C. The van der Waals surface area contributed by atoms with Crippen molar-refractivity contribution in [1.82, 2.24) is 0 Å². The van der Waals surface area contributed by atoms with E-state index in [4.69, 9.17) is 18.6 Å². The van der Waals surface area contributed by atoms with Crippen LogP contribution in [0.3, 0.4) is 0 Å². The summed E-state index contributed by atoms with van der Waals surface area (Å²) in [6.45, 7) is 14.5. The molecule has 236 valence electrons. The lowest BCUT2D eigenvalue weighted by Gasteiger charge is -2.33. The molecule has 0 saturated carbocycles. The van der Waals surface area contributed by atoms with Gasteiger partial charge in [0.05, 0.1) is 11.7 Å². The zero-order chi connectivity index (χ0) is 32.7. The third-order valence-electron chi connectivity index (χ3n) is 9.46. The summed E-state index contributed by atoms with van der Waals surface area (Å²) < 4.78 is 25.1. The Morgan fingerprint density at radius 2 is 1.75 bits per heavy atom. The summed E-state index contributed by atoms with van der Waals surface area (Å²) in [5.74, 6) is -2.04. The standard InChI is InChI=1S/C34H40O10/c1-15(2)10-11-18-27-21(26(36)24-28(18)42-17(4)32(24,5)6)25(35)19-14-20(41-9)22-23(29(19)43-27)33(7,8)44-34(22,31(39)40)13-12-16(3)30(37)38/h10,12,17,20,36H,11,13-14H2,1-9H3,(H,37,38)(H,39,40)/b16-12+/t17?,20?,34-/m0/s1. The molecule has 0 amide bonds. The normalized spacial score (nSPS) is 24.9. The molecule has 1 aliphatic carbocycles.